The summed E-state index contributed by atoms with van der Waals surface area (Å²) in [6, 6.07) is 0. The lowest BCUT2D eigenvalue weighted by atomic mass is 9.76. The summed E-state index contributed by atoms with van der Waals surface area (Å²) in [5, 5.41) is 0. The number of Topliss-reactive ketones (excluding diaryl/α,β-unsaturated/α-hetero) is 1. The molecular weight excluding hydrogens is 192 g/mol. The van der Waals surface area contributed by atoms with Crippen LogP contribution in [-0.4, -0.2) is 18.4 Å². The van der Waals surface area contributed by atoms with E-state index < -0.39 is 0 Å². The molecule has 0 aliphatic heterocycles. The number of ether oxygens (including phenoxy) is 1. The summed E-state index contributed by atoms with van der Waals surface area (Å²) in [7, 11) is 0. The molecule has 3 nitrogen and oxygen atoms in total. The van der Waals surface area contributed by atoms with E-state index in [-0.39, 0.29) is 11.4 Å². The molecule has 1 rings (SSSR count). The van der Waals surface area contributed by atoms with E-state index in [9.17, 15) is 9.59 Å². The number of hydrogen-bond acceptors (Lipinski definition) is 3. The van der Waals surface area contributed by atoms with Crippen LogP contribution in [0.4, 0.5) is 0 Å². The Morgan fingerprint density at radius 1 is 1.40 bits per heavy atom. The summed E-state index contributed by atoms with van der Waals surface area (Å²) in [6.45, 7) is 7.75. The summed E-state index contributed by atoms with van der Waals surface area (Å²) in [5.74, 6) is 0.242. The van der Waals surface area contributed by atoms with Crippen LogP contribution in [0.5, 0.6) is 0 Å². The van der Waals surface area contributed by atoms with E-state index in [2.05, 4.69) is 18.6 Å². The van der Waals surface area contributed by atoms with Gasteiger partial charge in [0.15, 0.2) is 0 Å². The Kier molecular flexibility index (Phi) is 6.21. The van der Waals surface area contributed by atoms with E-state index in [0.29, 0.717) is 12.4 Å². The highest BCUT2D eigenvalue weighted by atomic mass is 16.5. The van der Waals surface area contributed by atoms with Gasteiger partial charge in [0.1, 0.15) is 5.78 Å². The Labute approximate surface area is 92.2 Å². The highest BCUT2D eigenvalue weighted by Gasteiger charge is 2.29. The largest absolute Gasteiger partial charge is 0.466 e. The predicted molar refractivity (Wildman–Crippen MR) is 59.6 cm³/mol. The van der Waals surface area contributed by atoms with Crippen LogP contribution < -0.4 is 0 Å². The van der Waals surface area contributed by atoms with Gasteiger partial charge in [0.25, 0.3) is 0 Å². The maximum Gasteiger partial charge on any atom is 0.302 e. The van der Waals surface area contributed by atoms with Gasteiger partial charge >= 0.3 is 5.97 Å². The fourth-order valence-corrected chi connectivity index (χ4v) is 1.53. The van der Waals surface area contributed by atoms with Gasteiger partial charge in [-0.1, -0.05) is 20.3 Å². The van der Waals surface area contributed by atoms with Gasteiger partial charge in [-0.3, -0.25) is 9.59 Å². The van der Waals surface area contributed by atoms with Crippen molar-refractivity contribution in [1.82, 2.24) is 0 Å². The molecule has 0 spiro atoms. The van der Waals surface area contributed by atoms with Crippen LogP contribution >= 0.6 is 0 Å². The van der Waals surface area contributed by atoms with Gasteiger partial charge in [-0.25, -0.2) is 0 Å². The van der Waals surface area contributed by atoms with Gasteiger partial charge in [0, 0.05) is 18.8 Å². The van der Waals surface area contributed by atoms with E-state index in [1.165, 1.54) is 13.3 Å². The van der Waals surface area contributed by atoms with Crippen molar-refractivity contribution >= 4 is 11.8 Å². The monoisotopic (exact) mass is 214 g/mol. The number of rotatable bonds is 1. The van der Waals surface area contributed by atoms with Crippen molar-refractivity contribution in [1.29, 1.82) is 0 Å². The fraction of sp³-hybridized carbons (Fsp3) is 0.833. The van der Waals surface area contributed by atoms with Crippen LogP contribution in [0.1, 0.15) is 53.4 Å². The third-order valence-corrected chi connectivity index (χ3v) is 2.56. The second-order valence-corrected chi connectivity index (χ2v) is 4.44. The molecule has 1 fully saturated rings. The van der Waals surface area contributed by atoms with Crippen molar-refractivity contribution in [2.24, 2.45) is 5.41 Å². The maximum absolute atomic E-state index is 11.1. The van der Waals surface area contributed by atoms with Crippen molar-refractivity contribution in [2.45, 2.75) is 53.4 Å². The molecule has 0 aromatic heterocycles. The molecule has 0 amide bonds. The minimum Gasteiger partial charge on any atom is -0.466 e. The summed E-state index contributed by atoms with van der Waals surface area (Å²) in [6.07, 6.45) is 4.25. The van der Waals surface area contributed by atoms with Crippen molar-refractivity contribution < 1.29 is 14.3 Å². The lowest BCUT2D eigenvalue weighted by Crippen LogP contribution is -2.27. The van der Waals surface area contributed by atoms with Gasteiger partial charge < -0.3 is 4.74 Å². The van der Waals surface area contributed by atoms with Crippen molar-refractivity contribution in [2.75, 3.05) is 6.61 Å². The Bertz CT molecular complexity index is 219. The van der Waals surface area contributed by atoms with Gasteiger partial charge in [0.2, 0.25) is 0 Å². The normalized spacial score (nSPS) is 18.8. The molecule has 0 radical (unpaired) electrons. The molecule has 0 unspecified atom stereocenters. The first kappa shape index (κ1) is 14.1. The average Bonchev–Trinajstić information content (AvgIpc) is 2.11. The highest BCUT2D eigenvalue weighted by molar-refractivity contribution is 5.84. The van der Waals surface area contributed by atoms with E-state index in [4.69, 9.17) is 0 Å². The van der Waals surface area contributed by atoms with Gasteiger partial charge in [0.05, 0.1) is 6.61 Å². The van der Waals surface area contributed by atoms with Gasteiger partial charge in [-0.15, -0.1) is 0 Å². The highest BCUT2D eigenvalue weighted by Crippen LogP contribution is 2.31. The van der Waals surface area contributed by atoms with Crippen LogP contribution in [0.2, 0.25) is 0 Å². The number of carbonyl (C=O) groups excluding carboxylic acids is 2. The van der Waals surface area contributed by atoms with Crippen molar-refractivity contribution in [3.8, 4) is 0 Å². The van der Waals surface area contributed by atoms with Crippen LogP contribution in [0.3, 0.4) is 0 Å². The molecule has 1 aliphatic rings. The van der Waals surface area contributed by atoms with E-state index in [1.807, 2.05) is 0 Å². The Hall–Kier alpha value is -0.860. The lowest BCUT2D eigenvalue weighted by molar-refractivity contribution is -0.140. The summed E-state index contributed by atoms with van der Waals surface area (Å²) in [5.41, 5.74) is -0.00174. The molecule has 0 atom stereocenters. The number of ketones is 1. The van der Waals surface area contributed by atoms with E-state index >= 15 is 0 Å². The molecular formula is C12H22O3. The van der Waals surface area contributed by atoms with E-state index in [0.717, 1.165) is 19.3 Å². The summed E-state index contributed by atoms with van der Waals surface area (Å²) in [4.78, 5) is 20.9. The van der Waals surface area contributed by atoms with Crippen LogP contribution in [0, 0.1) is 5.41 Å². The quantitative estimate of drug-likeness (QED) is 0.630. The van der Waals surface area contributed by atoms with Crippen LogP contribution in [-0.2, 0) is 14.3 Å². The first-order valence-corrected chi connectivity index (χ1v) is 5.57. The van der Waals surface area contributed by atoms with Gasteiger partial charge in [-0.05, 0) is 19.8 Å². The molecule has 88 valence electrons. The van der Waals surface area contributed by atoms with Crippen molar-refractivity contribution in [3.05, 3.63) is 0 Å². The second-order valence-electron chi connectivity index (χ2n) is 4.44. The standard InChI is InChI=1S/C8H14O.C4H8O2/c1-8(2)6-4-3-5-7(8)9;1-3-6-4(2)5/h3-6H2,1-2H3;3H2,1-2H3. The summed E-state index contributed by atoms with van der Waals surface area (Å²) >= 11 is 0. The SMILES string of the molecule is CC1(C)CCCCC1=O.CCOC(C)=O. The van der Waals surface area contributed by atoms with Crippen LogP contribution in [0.25, 0.3) is 0 Å². The topological polar surface area (TPSA) is 43.4 Å². The van der Waals surface area contributed by atoms with Crippen molar-refractivity contribution in [3.63, 3.8) is 0 Å². The minimum absolute atomic E-state index is 0.00174. The third kappa shape index (κ3) is 6.26. The molecule has 0 saturated heterocycles. The Morgan fingerprint density at radius 3 is 2.20 bits per heavy atom. The summed E-state index contributed by atoms with van der Waals surface area (Å²) < 4.78 is 4.40. The number of hydrogen-bond donors (Lipinski definition) is 0. The maximum atomic E-state index is 11.1. The molecule has 0 aromatic carbocycles. The average molecular weight is 214 g/mol. The fourth-order valence-electron chi connectivity index (χ4n) is 1.53. The number of esters is 1. The molecule has 1 aliphatic carbocycles. The first-order valence-electron chi connectivity index (χ1n) is 5.57. The smallest absolute Gasteiger partial charge is 0.302 e. The predicted octanol–water partition coefficient (Wildman–Crippen LogP) is 2.73. The zero-order valence-electron chi connectivity index (χ0n) is 10.3. The molecule has 0 bridgehead atoms. The second kappa shape index (κ2) is 6.59. The van der Waals surface area contributed by atoms with E-state index in [1.54, 1.807) is 6.92 Å². The first-order chi connectivity index (χ1) is 6.90. The lowest BCUT2D eigenvalue weighted by Gasteiger charge is -2.27. The zero-order valence-corrected chi connectivity index (χ0v) is 10.3. The molecule has 3 heteroatoms. The molecule has 0 heterocycles. The zero-order chi connectivity index (χ0) is 11.9. The molecule has 0 N–H and O–H groups in total. The number of carbonyl (C=O) groups is 2. The van der Waals surface area contributed by atoms with Crippen LogP contribution in [0.15, 0.2) is 0 Å². The molecule has 0 aromatic rings. The Balaban J connectivity index is 0.000000288. The molecule has 1 saturated carbocycles. The Morgan fingerprint density at radius 2 is 2.00 bits per heavy atom. The third-order valence-electron chi connectivity index (χ3n) is 2.56. The molecule has 15 heavy (non-hydrogen) atoms. The minimum atomic E-state index is -0.211. The van der Waals surface area contributed by atoms with Gasteiger partial charge in [-0.2, -0.15) is 0 Å².